The summed E-state index contributed by atoms with van der Waals surface area (Å²) in [6.07, 6.45) is 5.25. The SMILES string of the molecule is CC(C)c1[c-]cc(C#Cc2cn[nH]c2)nc1.[Y]. The van der Waals surface area contributed by atoms with Gasteiger partial charge in [-0.05, 0) is 11.6 Å². The molecule has 2 heterocycles. The minimum atomic E-state index is 0. The molecule has 2 aromatic rings. The van der Waals surface area contributed by atoms with E-state index < -0.39 is 0 Å². The Bertz CT molecular complexity index is 504. The third-order valence-corrected chi connectivity index (χ3v) is 2.17. The van der Waals surface area contributed by atoms with E-state index in [0.29, 0.717) is 5.92 Å². The quantitative estimate of drug-likeness (QED) is 0.647. The molecule has 0 bridgehead atoms. The van der Waals surface area contributed by atoms with E-state index in [-0.39, 0.29) is 32.7 Å². The molecule has 0 aliphatic rings. The van der Waals surface area contributed by atoms with Crippen LogP contribution in [0.2, 0.25) is 0 Å². The van der Waals surface area contributed by atoms with Crippen molar-refractivity contribution in [3.8, 4) is 11.8 Å². The molecule has 0 saturated carbocycles. The molecular formula is C13H12N3Y-. The van der Waals surface area contributed by atoms with Gasteiger partial charge in [-0.15, -0.1) is 17.6 Å². The summed E-state index contributed by atoms with van der Waals surface area (Å²) < 4.78 is 0. The second-order valence-corrected chi connectivity index (χ2v) is 3.78. The van der Waals surface area contributed by atoms with E-state index in [9.17, 15) is 0 Å². The average Bonchev–Trinajstić information content (AvgIpc) is 2.80. The number of nitrogens with one attached hydrogen (secondary N) is 1. The van der Waals surface area contributed by atoms with E-state index in [2.05, 4.69) is 46.9 Å². The second-order valence-electron chi connectivity index (χ2n) is 3.78. The van der Waals surface area contributed by atoms with Crippen molar-refractivity contribution in [1.82, 2.24) is 15.2 Å². The topological polar surface area (TPSA) is 41.6 Å². The van der Waals surface area contributed by atoms with Crippen LogP contribution < -0.4 is 0 Å². The first-order valence-corrected chi connectivity index (χ1v) is 5.14. The molecule has 17 heavy (non-hydrogen) atoms. The number of rotatable bonds is 1. The summed E-state index contributed by atoms with van der Waals surface area (Å²) >= 11 is 0. The van der Waals surface area contributed by atoms with Crippen LogP contribution >= 0.6 is 0 Å². The van der Waals surface area contributed by atoms with Crippen molar-refractivity contribution in [2.75, 3.05) is 0 Å². The minimum Gasteiger partial charge on any atom is -0.375 e. The molecule has 0 fully saturated rings. The van der Waals surface area contributed by atoms with Crippen LogP contribution in [-0.2, 0) is 32.7 Å². The minimum absolute atomic E-state index is 0. The van der Waals surface area contributed by atoms with Gasteiger partial charge >= 0.3 is 0 Å². The van der Waals surface area contributed by atoms with Crippen LogP contribution in [0.4, 0.5) is 0 Å². The van der Waals surface area contributed by atoms with Crippen molar-refractivity contribution >= 4 is 0 Å². The molecule has 2 rings (SSSR count). The largest absolute Gasteiger partial charge is 0.375 e. The summed E-state index contributed by atoms with van der Waals surface area (Å²) in [5.74, 6) is 6.37. The second kappa shape index (κ2) is 6.68. The summed E-state index contributed by atoms with van der Waals surface area (Å²) in [6, 6.07) is 5.00. The van der Waals surface area contributed by atoms with Gasteiger partial charge in [0.15, 0.2) is 0 Å². The Morgan fingerprint density at radius 2 is 2.12 bits per heavy atom. The molecule has 1 radical (unpaired) electrons. The first kappa shape index (κ1) is 14.1. The molecular weight excluding hydrogens is 287 g/mol. The predicted octanol–water partition coefficient (Wildman–Crippen LogP) is 2.13. The van der Waals surface area contributed by atoms with Crippen LogP contribution in [0.25, 0.3) is 0 Å². The van der Waals surface area contributed by atoms with Crippen LogP contribution in [0.15, 0.2) is 24.7 Å². The summed E-state index contributed by atoms with van der Waals surface area (Å²) in [4.78, 5) is 4.26. The van der Waals surface area contributed by atoms with E-state index in [4.69, 9.17) is 0 Å². The van der Waals surface area contributed by atoms with Gasteiger partial charge in [0, 0.05) is 38.9 Å². The fraction of sp³-hybridized carbons (Fsp3) is 0.231. The Labute approximate surface area is 126 Å². The third-order valence-electron chi connectivity index (χ3n) is 2.17. The van der Waals surface area contributed by atoms with Gasteiger partial charge < -0.3 is 4.98 Å². The monoisotopic (exact) mass is 299 g/mol. The zero-order valence-electron chi connectivity index (χ0n) is 9.86. The van der Waals surface area contributed by atoms with E-state index in [1.807, 2.05) is 12.3 Å². The van der Waals surface area contributed by atoms with E-state index in [1.54, 1.807) is 12.4 Å². The van der Waals surface area contributed by atoms with E-state index >= 15 is 0 Å². The van der Waals surface area contributed by atoms with Gasteiger partial charge in [-0.2, -0.15) is 11.2 Å². The number of aromatic nitrogens is 3. The van der Waals surface area contributed by atoms with Gasteiger partial charge in [0.1, 0.15) is 0 Å². The Morgan fingerprint density at radius 3 is 2.65 bits per heavy atom. The molecule has 83 valence electrons. The van der Waals surface area contributed by atoms with Crippen LogP contribution in [0, 0.1) is 17.9 Å². The summed E-state index contributed by atoms with van der Waals surface area (Å²) in [6.45, 7) is 4.23. The Kier molecular flexibility index (Phi) is 5.54. The number of nitrogens with zero attached hydrogens (tertiary/aromatic N) is 2. The molecule has 4 heteroatoms. The van der Waals surface area contributed by atoms with Crippen LogP contribution in [-0.4, -0.2) is 15.2 Å². The van der Waals surface area contributed by atoms with Gasteiger partial charge in [-0.1, -0.05) is 26.0 Å². The zero-order chi connectivity index (χ0) is 11.4. The van der Waals surface area contributed by atoms with Crippen molar-refractivity contribution in [3.63, 3.8) is 0 Å². The van der Waals surface area contributed by atoms with Gasteiger partial charge in [0.05, 0.1) is 11.8 Å². The van der Waals surface area contributed by atoms with Gasteiger partial charge in [-0.25, -0.2) is 0 Å². The molecule has 1 N–H and O–H groups in total. The molecule has 0 unspecified atom stereocenters. The van der Waals surface area contributed by atoms with Gasteiger partial charge in [0.25, 0.3) is 0 Å². The molecule has 0 aliphatic heterocycles. The van der Waals surface area contributed by atoms with Crippen LogP contribution in [0.3, 0.4) is 0 Å². The fourth-order valence-electron chi connectivity index (χ4n) is 1.20. The van der Waals surface area contributed by atoms with E-state index in [0.717, 1.165) is 16.8 Å². The van der Waals surface area contributed by atoms with Crippen molar-refractivity contribution in [2.24, 2.45) is 0 Å². The number of H-pyrrole nitrogens is 1. The number of hydrogen-bond acceptors (Lipinski definition) is 2. The summed E-state index contributed by atoms with van der Waals surface area (Å²) in [5.41, 5.74) is 2.69. The van der Waals surface area contributed by atoms with Gasteiger partial charge in [-0.3, -0.25) is 5.10 Å². The predicted molar refractivity (Wildman–Crippen MR) is 61.7 cm³/mol. The van der Waals surface area contributed by atoms with Crippen LogP contribution in [0.1, 0.15) is 36.6 Å². The normalized spacial score (nSPS) is 9.35. The maximum Gasteiger partial charge on any atom is 0.0643 e. The van der Waals surface area contributed by atoms with Crippen molar-refractivity contribution in [3.05, 3.63) is 47.5 Å². The van der Waals surface area contributed by atoms with Crippen molar-refractivity contribution in [1.29, 1.82) is 0 Å². The molecule has 2 aromatic heterocycles. The maximum atomic E-state index is 4.26. The average molecular weight is 299 g/mol. The zero-order valence-corrected chi connectivity index (χ0v) is 12.7. The smallest absolute Gasteiger partial charge is 0.0643 e. The van der Waals surface area contributed by atoms with E-state index in [1.165, 1.54) is 0 Å². The molecule has 0 aromatic carbocycles. The summed E-state index contributed by atoms with van der Waals surface area (Å²) in [7, 11) is 0. The van der Waals surface area contributed by atoms with Crippen LogP contribution in [0.5, 0.6) is 0 Å². The third kappa shape index (κ3) is 4.07. The Balaban J connectivity index is 0.00000144. The maximum absolute atomic E-state index is 4.26. The Morgan fingerprint density at radius 1 is 1.29 bits per heavy atom. The molecule has 0 spiro atoms. The van der Waals surface area contributed by atoms with Crippen molar-refractivity contribution in [2.45, 2.75) is 19.8 Å². The molecule has 0 amide bonds. The summed E-state index contributed by atoms with van der Waals surface area (Å²) in [5, 5.41) is 6.53. The van der Waals surface area contributed by atoms with Gasteiger partial charge in [0.2, 0.25) is 0 Å². The number of pyridine rings is 1. The van der Waals surface area contributed by atoms with Crippen molar-refractivity contribution < 1.29 is 32.7 Å². The Hall–Kier alpha value is -0.976. The molecule has 0 saturated heterocycles. The fourth-order valence-corrected chi connectivity index (χ4v) is 1.20. The number of hydrogen-bond donors (Lipinski definition) is 1. The molecule has 0 aliphatic carbocycles. The standard InChI is InChI=1S/C13H12N3.Y/c1-10(2)12-4-6-13(14-9-12)5-3-11-7-15-16-8-11;/h6-10H,1-2H3,(H,15,16);/q-1;. The first-order valence-electron chi connectivity index (χ1n) is 5.14. The molecule has 0 atom stereocenters. The number of aromatic amines is 1. The molecule has 3 nitrogen and oxygen atoms in total. The first-order chi connectivity index (χ1) is 7.75.